The first kappa shape index (κ1) is 18.8. The number of nitro benzene ring substituents is 1. The van der Waals surface area contributed by atoms with Crippen molar-refractivity contribution in [3.63, 3.8) is 0 Å². The Labute approximate surface area is 158 Å². The molecule has 28 heavy (non-hydrogen) atoms. The van der Waals surface area contributed by atoms with E-state index in [-0.39, 0.29) is 29.6 Å². The average Bonchev–Trinajstić information content (AvgIpc) is 3.15. The molecule has 0 atom stereocenters. The van der Waals surface area contributed by atoms with E-state index in [2.05, 4.69) is 10.5 Å². The smallest absolute Gasteiger partial charge is 0.285 e. The van der Waals surface area contributed by atoms with Gasteiger partial charge in [-0.15, -0.1) is 0 Å². The summed E-state index contributed by atoms with van der Waals surface area (Å²) in [5.41, 5.74) is 2.95. The van der Waals surface area contributed by atoms with E-state index in [9.17, 15) is 19.3 Å². The Kier molecular flexibility index (Phi) is 5.75. The summed E-state index contributed by atoms with van der Waals surface area (Å²) in [6.07, 6.45) is 1.26. The van der Waals surface area contributed by atoms with Crippen molar-refractivity contribution in [2.75, 3.05) is 0 Å². The molecule has 8 nitrogen and oxygen atoms in total. The van der Waals surface area contributed by atoms with Gasteiger partial charge >= 0.3 is 0 Å². The van der Waals surface area contributed by atoms with Crippen molar-refractivity contribution in [2.45, 2.75) is 6.61 Å². The molecule has 3 rings (SSSR count). The Morgan fingerprint density at radius 1 is 1.21 bits per heavy atom. The number of hydrazone groups is 1. The third-order valence-electron chi connectivity index (χ3n) is 3.57. The second-order valence-corrected chi connectivity index (χ2v) is 5.58. The molecule has 1 amide bonds. The van der Waals surface area contributed by atoms with Gasteiger partial charge in [0, 0.05) is 23.8 Å². The van der Waals surface area contributed by atoms with Gasteiger partial charge in [0.1, 0.15) is 12.4 Å². The van der Waals surface area contributed by atoms with Crippen LogP contribution in [0.15, 0.2) is 70.2 Å². The lowest BCUT2D eigenvalue weighted by atomic mass is 10.2. The third-order valence-corrected chi connectivity index (χ3v) is 3.57. The van der Waals surface area contributed by atoms with Gasteiger partial charge in [0.05, 0.1) is 11.1 Å². The predicted molar refractivity (Wildman–Crippen MR) is 97.6 cm³/mol. The highest BCUT2D eigenvalue weighted by Crippen LogP contribution is 2.17. The summed E-state index contributed by atoms with van der Waals surface area (Å²) in [6, 6.07) is 14.3. The maximum Gasteiger partial charge on any atom is 0.285 e. The van der Waals surface area contributed by atoms with Crippen LogP contribution >= 0.6 is 0 Å². The van der Waals surface area contributed by atoms with Crippen molar-refractivity contribution in [1.29, 1.82) is 0 Å². The highest BCUT2D eigenvalue weighted by atomic mass is 19.1. The molecule has 2 aromatic carbocycles. The van der Waals surface area contributed by atoms with E-state index in [0.29, 0.717) is 5.76 Å². The minimum atomic E-state index is -0.598. The second-order valence-electron chi connectivity index (χ2n) is 5.58. The lowest BCUT2D eigenvalue weighted by molar-refractivity contribution is -0.384. The van der Waals surface area contributed by atoms with Crippen LogP contribution in [0.5, 0.6) is 5.95 Å². The fraction of sp³-hybridized carbons (Fsp3) is 0.0526. The zero-order valence-electron chi connectivity index (χ0n) is 14.4. The van der Waals surface area contributed by atoms with E-state index < -0.39 is 10.8 Å². The number of non-ortho nitro benzene ring substituents is 1. The highest BCUT2D eigenvalue weighted by molar-refractivity contribution is 5.95. The zero-order chi connectivity index (χ0) is 19.9. The molecule has 1 N–H and O–H groups in total. The maximum atomic E-state index is 12.9. The standard InChI is InChI=1S/C19H14FN3O5/c20-15-6-4-13(5-7-15)12-27-18-9-8-17(28-18)11-21-22-19(24)14-2-1-3-16(10-14)23(25)26/h1-11H,12H2,(H,22,24)/b21-11+. The quantitative estimate of drug-likeness (QED) is 0.381. The largest absolute Gasteiger partial charge is 0.460 e. The summed E-state index contributed by atoms with van der Waals surface area (Å²) < 4.78 is 23.7. The van der Waals surface area contributed by atoms with Crippen LogP contribution in [0.25, 0.3) is 0 Å². The van der Waals surface area contributed by atoms with Gasteiger partial charge in [-0.1, -0.05) is 18.2 Å². The maximum absolute atomic E-state index is 12.9. The summed E-state index contributed by atoms with van der Waals surface area (Å²) in [5.74, 6) is -0.365. The summed E-state index contributed by atoms with van der Waals surface area (Å²) in [5, 5.41) is 14.5. The molecule has 1 aromatic heterocycles. The van der Waals surface area contributed by atoms with Crippen LogP contribution in [0, 0.1) is 15.9 Å². The van der Waals surface area contributed by atoms with E-state index in [1.807, 2.05) is 0 Å². The molecule has 0 saturated heterocycles. The van der Waals surface area contributed by atoms with Crippen molar-refractivity contribution >= 4 is 17.8 Å². The molecular formula is C19H14FN3O5. The first-order valence-electron chi connectivity index (χ1n) is 8.06. The summed E-state index contributed by atoms with van der Waals surface area (Å²) in [6.45, 7) is 0.202. The number of nitrogens with one attached hydrogen (secondary N) is 1. The molecule has 3 aromatic rings. The number of ether oxygens (including phenoxy) is 1. The molecule has 0 fully saturated rings. The minimum absolute atomic E-state index is 0.106. The fourth-order valence-corrected chi connectivity index (χ4v) is 2.20. The van der Waals surface area contributed by atoms with Gasteiger partial charge in [-0.05, 0) is 29.8 Å². The number of hydrogen-bond acceptors (Lipinski definition) is 6. The number of amides is 1. The van der Waals surface area contributed by atoms with Crippen molar-refractivity contribution in [3.05, 3.63) is 93.5 Å². The molecule has 0 aliphatic heterocycles. The van der Waals surface area contributed by atoms with Crippen LogP contribution in [-0.4, -0.2) is 17.0 Å². The zero-order valence-corrected chi connectivity index (χ0v) is 14.4. The molecule has 0 aliphatic rings. The number of rotatable bonds is 7. The second kappa shape index (κ2) is 8.58. The summed E-state index contributed by atoms with van der Waals surface area (Å²) >= 11 is 0. The predicted octanol–water partition coefficient (Wildman–Crippen LogP) is 3.67. The summed E-state index contributed by atoms with van der Waals surface area (Å²) in [7, 11) is 0. The molecular weight excluding hydrogens is 369 g/mol. The molecule has 0 spiro atoms. The highest BCUT2D eigenvalue weighted by Gasteiger charge is 2.10. The average molecular weight is 383 g/mol. The molecule has 1 heterocycles. The number of hydrogen-bond donors (Lipinski definition) is 1. The van der Waals surface area contributed by atoms with Gasteiger partial charge in [0.2, 0.25) is 0 Å². The first-order chi connectivity index (χ1) is 13.5. The fourth-order valence-electron chi connectivity index (χ4n) is 2.20. The van der Waals surface area contributed by atoms with Crippen LogP contribution in [0.1, 0.15) is 21.7 Å². The van der Waals surface area contributed by atoms with Crippen LogP contribution < -0.4 is 10.2 Å². The number of nitrogens with zero attached hydrogens (tertiary/aromatic N) is 2. The molecule has 0 unspecified atom stereocenters. The Bertz CT molecular complexity index is 1010. The van der Waals surface area contributed by atoms with Crippen LogP contribution in [0.2, 0.25) is 0 Å². The van der Waals surface area contributed by atoms with Crippen molar-refractivity contribution in [1.82, 2.24) is 5.43 Å². The van der Waals surface area contributed by atoms with E-state index >= 15 is 0 Å². The Balaban J connectivity index is 1.53. The van der Waals surface area contributed by atoms with Crippen molar-refractivity contribution in [3.8, 4) is 5.95 Å². The van der Waals surface area contributed by atoms with Gasteiger partial charge in [-0.2, -0.15) is 5.10 Å². The van der Waals surface area contributed by atoms with E-state index in [1.54, 1.807) is 24.3 Å². The molecule has 0 radical (unpaired) electrons. The first-order valence-corrected chi connectivity index (χ1v) is 8.06. The number of carbonyl (C=O) groups is 1. The van der Waals surface area contributed by atoms with Gasteiger partial charge < -0.3 is 9.15 Å². The lowest BCUT2D eigenvalue weighted by Gasteiger charge is -2.02. The SMILES string of the molecule is O=C(N/N=C/c1ccc(OCc2ccc(F)cc2)o1)c1cccc([N+](=O)[O-])c1. The molecule has 0 aliphatic carbocycles. The van der Waals surface area contributed by atoms with E-state index in [0.717, 1.165) is 11.6 Å². The molecule has 9 heteroatoms. The van der Waals surface area contributed by atoms with Gasteiger partial charge in [-0.3, -0.25) is 14.9 Å². The normalized spacial score (nSPS) is 10.8. The van der Waals surface area contributed by atoms with E-state index in [4.69, 9.17) is 9.15 Å². The van der Waals surface area contributed by atoms with Gasteiger partial charge in [0.25, 0.3) is 17.5 Å². The molecule has 0 saturated carbocycles. The van der Waals surface area contributed by atoms with Crippen molar-refractivity contribution in [2.24, 2.45) is 5.10 Å². The topological polar surface area (TPSA) is 107 Å². The van der Waals surface area contributed by atoms with Crippen molar-refractivity contribution < 1.29 is 23.3 Å². The number of nitro groups is 1. The van der Waals surface area contributed by atoms with E-state index in [1.165, 1.54) is 36.5 Å². The lowest BCUT2D eigenvalue weighted by Crippen LogP contribution is -2.17. The third kappa shape index (κ3) is 5.01. The Hall–Kier alpha value is -4.01. The molecule has 142 valence electrons. The number of benzene rings is 2. The number of carbonyl (C=O) groups excluding carboxylic acids is 1. The Morgan fingerprint density at radius 3 is 2.75 bits per heavy atom. The summed E-state index contributed by atoms with van der Waals surface area (Å²) in [4.78, 5) is 22.1. The van der Waals surface area contributed by atoms with Gasteiger partial charge in [0.15, 0.2) is 5.76 Å². The van der Waals surface area contributed by atoms with Crippen LogP contribution in [-0.2, 0) is 6.61 Å². The van der Waals surface area contributed by atoms with Crippen LogP contribution in [0.3, 0.4) is 0 Å². The minimum Gasteiger partial charge on any atom is -0.460 e. The van der Waals surface area contributed by atoms with Crippen LogP contribution in [0.4, 0.5) is 10.1 Å². The molecule has 0 bridgehead atoms. The Morgan fingerprint density at radius 2 is 2.00 bits per heavy atom. The number of furan rings is 1. The number of halogens is 1. The monoisotopic (exact) mass is 383 g/mol. The van der Waals surface area contributed by atoms with Gasteiger partial charge in [-0.25, -0.2) is 9.82 Å².